The number of nitrogens with two attached hydrogens (primary N) is 1. The van der Waals surface area contributed by atoms with Crippen molar-refractivity contribution in [2.45, 2.75) is 38.1 Å². The van der Waals surface area contributed by atoms with Gasteiger partial charge in [-0.2, -0.15) is 4.98 Å². The Hall–Kier alpha value is -3.31. The molecule has 31 heavy (non-hydrogen) atoms. The van der Waals surface area contributed by atoms with Gasteiger partial charge in [0.1, 0.15) is 0 Å². The predicted octanol–water partition coefficient (Wildman–Crippen LogP) is 5.52. The van der Waals surface area contributed by atoms with Crippen molar-refractivity contribution in [2.75, 3.05) is 11.9 Å². The molecule has 0 spiro atoms. The Balaban J connectivity index is 1.63. The monoisotopic (exact) mass is 409 g/mol. The second kappa shape index (κ2) is 8.08. The number of nitrogens with zero attached hydrogens (tertiary/aromatic N) is 3. The Kier molecular flexibility index (Phi) is 5.12. The van der Waals surface area contributed by atoms with Crippen molar-refractivity contribution in [3.8, 4) is 22.4 Å². The summed E-state index contributed by atoms with van der Waals surface area (Å²) in [6.45, 7) is 2.96. The molecule has 156 valence electrons. The van der Waals surface area contributed by atoms with Gasteiger partial charge >= 0.3 is 0 Å². The molecular weight excluding hydrogens is 382 g/mol. The van der Waals surface area contributed by atoms with Gasteiger partial charge in [-0.1, -0.05) is 61.5 Å². The summed E-state index contributed by atoms with van der Waals surface area (Å²) < 4.78 is 0. The van der Waals surface area contributed by atoms with E-state index < -0.39 is 0 Å². The first-order chi connectivity index (χ1) is 15.2. The minimum Gasteiger partial charge on any atom is -0.354 e. The number of hydrogen-bond donors (Lipinski definition) is 2. The predicted molar refractivity (Wildman–Crippen MR) is 127 cm³/mol. The van der Waals surface area contributed by atoms with Crippen molar-refractivity contribution >= 4 is 17.0 Å². The van der Waals surface area contributed by atoms with E-state index in [1.54, 1.807) is 0 Å². The molecule has 0 bridgehead atoms. The van der Waals surface area contributed by atoms with Gasteiger partial charge in [-0.3, -0.25) is 0 Å². The molecule has 5 nitrogen and oxygen atoms in total. The van der Waals surface area contributed by atoms with Crippen molar-refractivity contribution in [3.63, 3.8) is 0 Å². The molecule has 1 aliphatic rings. The van der Waals surface area contributed by atoms with E-state index in [9.17, 15) is 0 Å². The van der Waals surface area contributed by atoms with Crippen LogP contribution < -0.4 is 11.1 Å². The molecule has 0 unspecified atom stereocenters. The normalized spacial score (nSPS) is 14.9. The minimum absolute atomic E-state index is 0.162. The zero-order valence-corrected chi connectivity index (χ0v) is 17.8. The highest BCUT2D eigenvalue weighted by atomic mass is 15.1. The quantitative estimate of drug-likeness (QED) is 0.438. The van der Waals surface area contributed by atoms with E-state index in [4.69, 9.17) is 10.7 Å². The summed E-state index contributed by atoms with van der Waals surface area (Å²) in [5.41, 5.74) is 12.4. The van der Waals surface area contributed by atoms with Gasteiger partial charge < -0.3 is 11.1 Å². The van der Waals surface area contributed by atoms with E-state index in [2.05, 4.69) is 76.8 Å². The first kappa shape index (κ1) is 19.6. The fourth-order valence-corrected chi connectivity index (χ4v) is 4.15. The fourth-order valence-electron chi connectivity index (χ4n) is 4.15. The Morgan fingerprint density at radius 3 is 2.42 bits per heavy atom. The minimum atomic E-state index is -0.162. The number of fused-ring (bicyclic) bond motifs is 1. The maximum atomic E-state index is 6.53. The number of rotatable bonds is 6. The standard InChI is InChI=1S/C26H27N5/c1-2-15-28-25-29-17-20-16-22(18-7-4-3-5-8-18)23(30-24(20)31-25)19-9-11-21(12-10-19)26(27)13-6-14-26/h3-5,7-12,16-17H,2,6,13-15,27H2,1H3,(H,28,29,30,31). The molecule has 5 heteroatoms. The lowest BCUT2D eigenvalue weighted by Crippen LogP contribution is -2.43. The molecule has 4 aromatic rings. The van der Waals surface area contributed by atoms with Crippen molar-refractivity contribution in [1.29, 1.82) is 0 Å². The van der Waals surface area contributed by atoms with Crippen molar-refractivity contribution in [1.82, 2.24) is 15.0 Å². The van der Waals surface area contributed by atoms with Crippen molar-refractivity contribution in [3.05, 3.63) is 72.4 Å². The fraction of sp³-hybridized carbons (Fsp3) is 0.269. The summed E-state index contributed by atoms with van der Waals surface area (Å²) in [6, 6.07) is 21.1. The molecule has 2 aromatic carbocycles. The molecule has 0 radical (unpaired) electrons. The molecule has 2 aromatic heterocycles. The second-order valence-electron chi connectivity index (χ2n) is 8.37. The number of pyridine rings is 1. The van der Waals surface area contributed by atoms with Crippen LogP contribution in [-0.2, 0) is 5.54 Å². The maximum absolute atomic E-state index is 6.53. The molecule has 3 N–H and O–H groups in total. The molecule has 1 fully saturated rings. The van der Waals surface area contributed by atoms with Crippen LogP contribution in [0.5, 0.6) is 0 Å². The highest BCUT2D eigenvalue weighted by molar-refractivity contribution is 5.90. The zero-order valence-electron chi connectivity index (χ0n) is 17.8. The molecule has 0 atom stereocenters. The summed E-state index contributed by atoms with van der Waals surface area (Å²) in [6.07, 6.45) is 6.18. The summed E-state index contributed by atoms with van der Waals surface area (Å²) in [5, 5.41) is 4.18. The third-order valence-electron chi connectivity index (χ3n) is 6.17. The van der Waals surface area contributed by atoms with Gasteiger partial charge in [0.15, 0.2) is 5.65 Å². The van der Waals surface area contributed by atoms with Gasteiger partial charge in [0.25, 0.3) is 0 Å². The van der Waals surface area contributed by atoms with Gasteiger partial charge in [0.05, 0.1) is 5.69 Å². The molecule has 5 rings (SSSR count). The lowest BCUT2D eigenvalue weighted by Gasteiger charge is -2.38. The summed E-state index contributed by atoms with van der Waals surface area (Å²) in [5.74, 6) is 0.616. The lowest BCUT2D eigenvalue weighted by atomic mass is 9.72. The van der Waals surface area contributed by atoms with Crippen molar-refractivity contribution in [2.24, 2.45) is 5.73 Å². The largest absolute Gasteiger partial charge is 0.354 e. The highest BCUT2D eigenvalue weighted by Crippen LogP contribution is 2.40. The van der Waals surface area contributed by atoms with Crippen LogP contribution in [-0.4, -0.2) is 21.5 Å². The Labute approximate surface area is 182 Å². The van der Waals surface area contributed by atoms with Crippen LogP contribution in [0.4, 0.5) is 5.95 Å². The van der Waals surface area contributed by atoms with Gasteiger partial charge in [-0.25, -0.2) is 9.97 Å². The lowest BCUT2D eigenvalue weighted by molar-refractivity contribution is 0.253. The van der Waals surface area contributed by atoms with Crippen LogP contribution in [0, 0.1) is 0 Å². The Morgan fingerprint density at radius 1 is 0.968 bits per heavy atom. The number of nitrogens with one attached hydrogen (secondary N) is 1. The average molecular weight is 410 g/mol. The summed E-state index contributed by atoms with van der Waals surface area (Å²) in [7, 11) is 0. The smallest absolute Gasteiger partial charge is 0.224 e. The third-order valence-corrected chi connectivity index (χ3v) is 6.17. The number of aromatic nitrogens is 3. The first-order valence-corrected chi connectivity index (χ1v) is 11.0. The second-order valence-corrected chi connectivity index (χ2v) is 8.37. The van der Waals surface area contributed by atoms with E-state index in [1.807, 2.05) is 12.3 Å². The zero-order chi connectivity index (χ0) is 21.3. The van der Waals surface area contributed by atoms with Gasteiger partial charge in [0, 0.05) is 34.8 Å². The topological polar surface area (TPSA) is 76.7 Å². The van der Waals surface area contributed by atoms with E-state index in [-0.39, 0.29) is 5.54 Å². The van der Waals surface area contributed by atoms with Crippen LogP contribution in [0.25, 0.3) is 33.4 Å². The van der Waals surface area contributed by atoms with Crippen LogP contribution >= 0.6 is 0 Å². The van der Waals surface area contributed by atoms with E-state index >= 15 is 0 Å². The molecule has 0 amide bonds. The van der Waals surface area contributed by atoms with Crippen LogP contribution in [0.1, 0.15) is 38.2 Å². The van der Waals surface area contributed by atoms with Crippen LogP contribution in [0.3, 0.4) is 0 Å². The highest BCUT2D eigenvalue weighted by Gasteiger charge is 2.34. The van der Waals surface area contributed by atoms with Gasteiger partial charge in [0.2, 0.25) is 5.95 Å². The van der Waals surface area contributed by atoms with E-state index in [1.165, 1.54) is 12.0 Å². The first-order valence-electron chi connectivity index (χ1n) is 11.0. The Bertz CT molecular complexity index is 1200. The number of anilines is 1. The molecular formula is C26H27N5. The summed E-state index contributed by atoms with van der Waals surface area (Å²) in [4.78, 5) is 14.1. The summed E-state index contributed by atoms with van der Waals surface area (Å²) >= 11 is 0. The average Bonchev–Trinajstić information content (AvgIpc) is 2.81. The maximum Gasteiger partial charge on any atom is 0.224 e. The molecule has 2 heterocycles. The third kappa shape index (κ3) is 3.77. The van der Waals surface area contributed by atoms with Crippen molar-refractivity contribution < 1.29 is 0 Å². The van der Waals surface area contributed by atoms with Gasteiger partial charge in [-0.05, 0) is 42.9 Å². The molecule has 0 saturated heterocycles. The molecule has 0 aliphatic heterocycles. The molecule has 1 saturated carbocycles. The number of hydrogen-bond acceptors (Lipinski definition) is 5. The number of benzene rings is 2. The Morgan fingerprint density at radius 2 is 1.74 bits per heavy atom. The van der Waals surface area contributed by atoms with Gasteiger partial charge in [-0.15, -0.1) is 0 Å². The molecule has 1 aliphatic carbocycles. The van der Waals surface area contributed by atoms with E-state index in [0.29, 0.717) is 11.6 Å². The SMILES string of the molecule is CCCNc1ncc2cc(-c3ccccc3)c(-c3ccc(C4(N)CCC4)cc3)nc2n1. The van der Waals surface area contributed by atoms with E-state index in [0.717, 1.165) is 53.6 Å². The van der Waals surface area contributed by atoms with Crippen LogP contribution in [0.2, 0.25) is 0 Å². The van der Waals surface area contributed by atoms with Crippen LogP contribution in [0.15, 0.2) is 66.9 Å².